The Morgan fingerprint density at radius 2 is 2.27 bits per heavy atom. The Bertz CT molecular complexity index is 855. The van der Waals surface area contributed by atoms with Crippen molar-refractivity contribution in [3.63, 3.8) is 0 Å². The summed E-state index contributed by atoms with van der Waals surface area (Å²) in [5, 5.41) is 11.5. The van der Waals surface area contributed by atoms with Gasteiger partial charge >= 0.3 is 0 Å². The number of amides is 1. The molecule has 1 unspecified atom stereocenters. The van der Waals surface area contributed by atoms with Crippen LogP contribution in [-0.4, -0.2) is 40.5 Å². The van der Waals surface area contributed by atoms with Crippen LogP contribution in [0.25, 0.3) is 0 Å². The molecule has 0 saturated carbocycles. The maximum absolute atomic E-state index is 12.9. The summed E-state index contributed by atoms with van der Waals surface area (Å²) in [6.07, 6.45) is 1.94. The molecule has 1 aliphatic heterocycles. The number of aryl methyl sites for hydroxylation is 2. The quantitative estimate of drug-likeness (QED) is 0.825. The van der Waals surface area contributed by atoms with Crippen molar-refractivity contribution in [3.8, 4) is 0 Å². The average Bonchev–Trinajstić information content (AvgIpc) is 3.23. The molecule has 1 amide bonds. The minimum absolute atomic E-state index is 0.0183. The van der Waals surface area contributed by atoms with E-state index in [0.29, 0.717) is 28.9 Å². The Kier molecular flexibility index (Phi) is 5.80. The van der Waals surface area contributed by atoms with Crippen LogP contribution in [0, 0.1) is 13.8 Å². The number of carbonyl (C=O) groups excluding carboxylic acids is 1. The highest BCUT2D eigenvalue weighted by atomic mass is 32.1. The van der Waals surface area contributed by atoms with Gasteiger partial charge in [-0.05, 0) is 38.3 Å². The lowest BCUT2D eigenvalue weighted by Crippen LogP contribution is -2.34. The molecule has 3 heterocycles. The van der Waals surface area contributed by atoms with Crippen LogP contribution in [-0.2, 0) is 22.6 Å². The van der Waals surface area contributed by atoms with E-state index in [-0.39, 0.29) is 17.2 Å². The molecule has 2 aromatic heterocycles. The van der Waals surface area contributed by atoms with Crippen LogP contribution in [0.3, 0.4) is 0 Å². The minimum atomic E-state index is -0.478. The lowest BCUT2D eigenvalue weighted by molar-refractivity contribution is 0.0947. The highest BCUT2D eigenvalue weighted by Gasteiger charge is 2.22. The number of aromatic nitrogens is 3. The summed E-state index contributed by atoms with van der Waals surface area (Å²) >= 11 is 1.22. The number of nitrogens with zero attached hydrogens (tertiary/aromatic N) is 3. The van der Waals surface area contributed by atoms with Crippen LogP contribution >= 0.6 is 11.3 Å². The molecular weight excluding hydrogens is 356 g/mol. The number of ether oxygens (including phenoxy) is 2. The van der Waals surface area contributed by atoms with Crippen molar-refractivity contribution in [2.75, 3.05) is 19.0 Å². The van der Waals surface area contributed by atoms with Gasteiger partial charge in [0.25, 0.3) is 11.5 Å². The summed E-state index contributed by atoms with van der Waals surface area (Å²) < 4.78 is 12.2. The Labute approximate surface area is 155 Å². The second kappa shape index (κ2) is 8.07. The highest BCUT2D eigenvalue weighted by molar-refractivity contribution is 7.15. The van der Waals surface area contributed by atoms with Gasteiger partial charge in [0.1, 0.15) is 17.2 Å². The molecule has 0 aliphatic carbocycles. The van der Waals surface area contributed by atoms with Crippen molar-refractivity contribution >= 4 is 22.4 Å². The first-order chi connectivity index (χ1) is 12.5. The van der Waals surface area contributed by atoms with Gasteiger partial charge in [0.05, 0.1) is 12.6 Å². The van der Waals surface area contributed by atoms with E-state index in [1.165, 1.54) is 11.3 Å². The number of hydrogen-bond donors (Lipinski definition) is 1. The third-order valence-electron chi connectivity index (χ3n) is 4.30. The zero-order valence-electron chi connectivity index (χ0n) is 15.1. The predicted molar refractivity (Wildman–Crippen MR) is 97.7 cm³/mol. The number of nitrogens with one attached hydrogen (secondary N) is 1. The zero-order chi connectivity index (χ0) is 18.7. The molecule has 8 nitrogen and oxygen atoms in total. The van der Waals surface area contributed by atoms with E-state index in [1.54, 1.807) is 18.6 Å². The number of hydrogen-bond acceptors (Lipinski definition) is 7. The Morgan fingerprint density at radius 1 is 1.46 bits per heavy atom. The molecule has 1 atom stereocenters. The first kappa shape index (κ1) is 18.7. The van der Waals surface area contributed by atoms with Gasteiger partial charge in [-0.15, -0.1) is 10.2 Å². The van der Waals surface area contributed by atoms with Gasteiger partial charge in [-0.3, -0.25) is 14.9 Å². The van der Waals surface area contributed by atoms with Crippen LogP contribution in [0.2, 0.25) is 0 Å². The Hall–Kier alpha value is -2.10. The predicted octanol–water partition coefficient (Wildman–Crippen LogP) is 1.89. The molecule has 0 bridgehead atoms. The maximum Gasteiger partial charge on any atom is 0.263 e. The number of pyridine rings is 1. The third-order valence-corrected chi connectivity index (χ3v) is 5.11. The molecule has 2 aromatic rings. The lowest BCUT2D eigenvalue weighted by atomic mass is 10.1. The lowest BCUT2D eigenvalue weighted by Gasteiger charge is -2.17. The van der Waals surface area contributed by atoms with E-state index in [0.717, 1.165) is 25.1 Å². The van der Waals surface area contributed by atoms with Crippen molar-refractivity contribution in [2.45, 2.75) is 45.9 Å². The smallest absolute Gasteiger partial charge is 0.263 e. The SMILES string of the molecule is COCc1nnc(NC(=O)c2c(C)cc(C)n(CC3CCCO3)c2=O)s1. The van der Waals surface area contributed by atoms with E-state index in [2.05, 4.69) is 15.5 Å². The van der Waals surface area contributed by atoms with Crippen LogP contribution in [0.4, 0.5) is 5.13 Å². The summed E-state index contributed by atoms with van der Waals surface area (Å²) in [7, 11) is 1.56. The summed E-state index contributed by atoms with van der Waals surface area (Å²) in [5.74, 6) is -0.478. The topological polar surface area (TPSA) is 95.3 Å². The number of rotatable bonds is 6. The first-order valence-electron chi connectivity index (χ1n) is 8.45. The molecule has 0 aromatic carbocycles. The van der Waals surface area contributed by atoms with E-state index in [4.69, 9.17) is 9.47 Å². The van der Waals surface area contributed by atoms with E-state index < -0.39 is 5.91 Å². The molecule has 0 radical (unpaired) electrons. The van der Waals surface area contributed by atoms with E-state index in [1.807, 2.05) is 13.0 Å². The highest BCUT2D eigenvalue weighted by Crippen LogP contribution is 2.18. The molecule has 1 N–H and O–H groups in total. The molecule has 1 aliphatic rings. The van der Waals surface area contributed by atoms with Crippen molar-refractivity contribution in [2.24, 2.45) is 0 Å². The molecule has 3 rings (SSSR count). The van der Waals surface area contributed by atoms with Crippen molar-refractivity contribution in [1.29, 1.82) is 0 Å². The van der Waals surface area contributed by atoms with Gasteiger partial charge in [-0.2, -0.15) is 0 Å². The first-order valence-corrected chi connectivity index (χ1v) is 9.26. The van der Waals surface area contributed by atoms with Crippen molar-refractivity contribution < 1.29 is 14.3 Å². The fourth-order valence-corrected chi connectivity index (χ4v) is 3.77. The van der Waals surface area contributed by atoms with Gasteiger partial charge in [-0.1, -0.05) is 11.3 Å². The second-order valence-electron chi connectivity index (χ2n) is 6.28. The summed E-state index contributed by atoms with van der Waals surface area (Å²) in [6.45, 7) is 5.13. The summed E-state index contributed by atoms with van der Waals surface area (Å²) in [6, 6.07) is 1.85. The number of carbonyl (C=O) groups is 1. The fourth-order valence-electron chi connectivity index (χ4n) is 3.07. The molecule has 9 heteroatoms. The van der Waals surface area contributed by atoms with Crippen molar-refractivity contribution in [3.05, 3.63) is 38.2 Å². The Balaban J connectivity index is 1.85. The van der Waals surface area contributed by atoms with E-state index >= 15 is 0 Å². The monoisotopic (exact) mass is 378 g/mol. The zero-order valence-corrected chi connectivity index (χ0v) is 15.9. The van der Waals surface area contributed by atoms with Crippen LogP contribution < -0.4 is 10.9 Å². The standard InChI is InChI=1S/C17H22N4O4S/c1-10-7-11(2)21(8-12-5-4-6-25-12)16(23)14(10)15(22)18-17-20-19-13(26-17)9-24-3/h7,12H,4-6,8-9H2,1-3H3,(H,18,20,22). The number of anilines is 1. The third kappa shape index (κ3) is 4.00. The summed E-state index contributed by atoms with van der Waals surface area (Å²) in [5.41, 5.74) is 1.27. The van der Waals surface area contributed by atoms with Crippen LogP contribution in [0.15, 0.2) is 10.9 Å². The van der Waals surface area contributed by atoms with Gasteiger partial charge in [-0.25, -0.2) is 0 Å². The summed E-state index contributed by atoms with van der Waals surface area (Å²) in [4.78, 5) is 25.6. The molecule has 140 valence electrons. The molecule has 1 saturated heterocycles. The molecular formula is C17H22N4O4S. The van der Waals surface area contributed by atoms with Crippen LogP contribution in [0.1, 0.15) is 39.5 Å². The van der Waals surface area contributed by atoms with Gasteiger partial charge in [0.15, 0.2) is 0 Å². The molecule has 0 spiro atoms. The minimum Gasteiger partial charge on any atom is -0.377 e. The van der Waals surface area contributed by atoms with Crippen molar-refractivity contribution in [1.82, 2.24) is 14.8 Å². The number of methoxy groups -OCH3 is 1. The molecule has 1 fully saturated rings. The largest absolute Gasteiger partial charge is 0.377 e. The molecule has 26 heavy (non-hydrogen) atoms. The average molecular weight is 378 g/mol. The van der Waals surface area contributed by atoms with Gasteiger partial charge in [0, 0.05) is 19.4 Å². The maximum atomic E-state index is 12.9. The van der Waals surface area contributed by atoms with Gasteiger partial charge < -0.3 is 14.0 Å². The van der Waals surface area contributed by atoms with Crippen LogP contribution in [0.5, 0.6) is 0 Å². The second-order valence-corrected chi connectivity index (χ2v) is 7.34. The Morgan fingerprint density at radius 3 is 2.96 bits per heavy atom. The fraction of sp³-hybridized carbons (Fsp3) is 0.529. The van der Waals surface area contributed by atoms with Gasteiger partial charge in [0.2, 0.25) is 5.13 Å². The normalized spacial score (nSPS) is 16.8. The van der Waals surface area contributed by atoms with E-state index in [9.17, 15) is 9.59 Å².